The van der Waals surface area contributed by atoms with E-state index in [0.717, 1.165) is 17.0 Å². The molecule has 0 unspecified atom stereocenters. The van der Waals surface area contributed by atoms with E-state index in [0.29, 0.717) is 17.3 Å². The van der Waals surface area contributed by atoms with Crippen molar-refractivity contribution in [3.63, 3.8) is 0 Å². The van der Waals surface area contributed by atoms with Crippen LogP contribution in [0.3, 0.4) is 0 Å². The zero-order chi connectivity index (χ0) is 29.3. The van der Waals surface area contributed by atoms with Crippen molar-refractivity contribution in [1.29, 1.82) is 0 Å². The highest BCUT2D eigenvalue weighted by molar-refractivity contribution is 7.90. The van der Waals surface area contributed by atoms with Crippen LogP contribution in [0.15, 0.2) is 47.5 Å². The smallest absolute Gasteiger partial charge is 0.419 e. The number of halogens is 4. The van der Waals surface area contributed by atoms with Crippen molar-refractivity contribution in [2.45, 2.75) is 58.8 Å². The molecule has 7 nitrogen and oxygen atoms in total. The topological polar surface area (TPSA) is 81.5 Å². The molecule has 0 N–H and O–H groups in total. The molecule has 0 aliphatic carbocycles. The summed E-state index contributed by atoms with van der Waals surface area (Å²) < 4.78 is 84.9. The summed E-state index contributed by atoms with van der Waals surface area (Å²) in [5.74, 6) is -1.71. The fraction of sp³-hybridized carbons (Fsp3) is 0.407. The highest BCUT2D eigenvalue weighted by Crippen LogP contribution is 2.34. The van der Waals surface area contributed by atoms with Crippen LogP contribution in [0.1, 0.15) is 61.8 Å². The normalized spacial score (nSPS) is 13.5. The predicted molar refractivity (Wildman–Crippen MR) is 138 cm³/mol. The molecular weight excluding hydrogens is 538 g/mol. The monoisotopic (exact) mass is 569 g/mol. The molecule has 3 aromatic rings. The van der Waals surface area contributed by atoms with E-state index in [9.17, 15) is 30.8 Å². The summed E-state index contributed by atoms with van der Waals surface area (Å²) in [6.45, 7) is 10.2. The predicted octanol–water partition coefficient (Wildman–Crippen LogP) is 6.04. The second-order valence-electron chi connectivity index (χ2n) is 10.1. The maximum atomic E-state index is 14.6. The fourth-order valence-corrected chi connectivity index (χ4v) is 4.48. The molecule has 0 saturated carbocycles. The van der Waals surface area contributed by atoms with Crippen LogP contribution >= 0.6 is 0 Å². The summed E-state index contributed by atoms with van der Waals surface area (Å²) in [5.41, 5.74) is -0.994. The third-order valence-electron chi connectivity index (χ3n) is 5.67. The number of carbonyl (C=O) groups is 1. The van der Waals surface area contributed by atoms with Gasteiger partial charge in [-0.25, -0.2) is 17.5 Å². The molecule has 12 heteroatoms. The lowest BCUT2D eigenvalue weighted by Crippen LogP contribution is -2.27. The van der Waals surface area contributed by atoms with Crippen LogP contribution in [0, 0.1) is 11.2 Å². The molecule has 0 saturated heterocycles. The first-order chi connectivity index (χ1) is 18.0. The van der Waals surface area contributed by atoms with Crippen LogP contribution in [0.4, 0.5) is 17.6 Å². The van der Waals surface area contributed by atoms with Crippen LogP contribution < -0.4 is 4.74 Å². The lowest BCUT2D eigenvalue weighted by molar-refractivity contribution is -0.140. The number of nitrogens with zero attached hydrogens (tertiary/aromatic N) is 3. The van der Waals surface area contributed by atoms with Crippen LogP contribution in [-0.2, 0) is 29.1 Å². The molecule has 0 bridgehead atoms. The van der Waals surface area contributed by atoms with E-state index in [-0.39, 0.29) is 47.0 Å². The number of hydrogen-bond donors (Lipinski definition) is 0. The first-order valence-corrected chi connectivity index (χ1v) is 14.1. The number of carbonyl (C=O) groups excluding carboxylic acids is 1. The summed E-state index contributed by atoms with van der Waals surface area (Å²) in [4.78, 5) is 14.8. The Kier molecular flexibility index (Phi) is 8.49. The maximum Gasteiger partial charge on any atom is 0.419 e. The molecule has 1 aliphatic rings. The molecule has 1 aliphatic heterocycles. The van der Waals surface area contributed by atoms with Gasteiger partial charge >= 0.3 is 6.18 Å². The van der Waals surface area contributed by atoms with Crippen molar-refractivity contribution in [1.82, 2.24) is 14.7 Å². The van der Waals surface area contributed by atoms with Gasteiger partial charge in [0.25, 0.3) is 5.91 Å². The molecular formula is C27H31F4N3O4S. The summed E-state index contributed by atoms with van der Waals surface area (Å²) in [6, 6.07) is 7.02. The minimum absolute atomic E-state index is 0.00353. The Morgan fingerprint density at radius 3 is 2.31 bits per heavy atom. The first-order valence-electron chi connectivity index (χ1n) is 12.2. The molecule has 212 valence electrons. The third kappa shape index (κ3) is 6.78. The number of amides is 1. The van der Waals surface area contributed by atoms with Crippen molar-refractivity contribution in [2.75, 3.05) is 12.9 Å². The standard InChI is InChI=1S/C25H25F4N3O4S.C2H6/c1-24(2,3)14-36-21-9-8-16(37(4,34)35)10-17(21)23(33)31-11-15-12-32(30-19(15)13-31)20-7-5-6-18(22(20)26)25(27,28)29;1-2/h5-10,12H,11,13-14H2,1-4H3;1-2H3. The number of benzene rings is 2. The minimum atomic E-state index is -4.85. The van der Waals surface area contributed by atoms with Crippen molar-refractivity contribution >= 4 is 15.7 Å². The van der Waals surface area contributed by atoms with Gasteiger partial charge in [0.15, 0.2) is 15.7 Å². The Morgan fingerprint density at radius 1 is 1.08 bits per heavy atom. The number of aromatic nitrogens is 2. The number of fused-ring (bicyclic) bond motifs is 1. The van der Waals surface area contributed by atoms with Gasteiger partial charge in [-0.1, -0.05) is 40.7 Å². The van der Waals surface area contributed by atoms with E-state index in [1.165, 1.54) is 35.4 Å². The molecule has 2 heterocycles. The molecule has 1 aromatic heterocycles. The van der Waals surface area contributed by atoms with Crippen molar-refractivity contribution in [3.8, 4) is 11.4 Å². The summed E-state index contributed by atoms with van der Waals surface area (Å²) in [7, 11) is -3.60. The Morgan fingerprint density at radius 2 is 1.74 bits per heavy atom. The Balaban J connectivity index is 0.00000205. The first kappa shape index (κ1) is 30.1. The highest BCUT2D eigenvalue weighted by atomic mass is 32.2. The van der Waals surface area contributed by atoms with E-state index in [1.807, 2.05) is 34.6 Å². The van der Waals surface area contributed by atoms with Gasteiger partial charge < -0.3 is 9.64 Å². The van der Waals surface area contributed by atoms with Crippen LogP contribution in [0.2, 0.25) is 0 Å². The van der Waals surface area contributed by atoms with Crippen LogP contribution in [-0.4, -0.2) is 41.9 Å². The van der Waals surface area contributed by atoms with Gasteiger partial charge in [-0.05, 0) is 35.7 Å². The molecule has 0 spiro atoms. The van der Waals surface area contributed by atoms with Gasteiger partial charge in [0.1, 0.15) is 11.4 Å². The second-order valence-corrected chi connectivity index (χ2v) is 12.1. The van der Waals surface area contributed by atoms with Crippen molar-refractivity contribution < 1.29 is 35.5 Å². The van der Waals surface area contributed by atoms with Crippen LogP contribution in [0.5, 0.6) is 5.75 Å². The quantitative estimate of drug-likeness (QED) is 0.350. The number of ether oxygens (including phenoxy) is 1. The Bertz CT molecular complexity index is 1450. The molecule has 39 heavy (non-hydrogen) atoms. The number of alkyl halides is 3. The summed E-state index contributed by atoms with van der Waals surface area (Å²) >= 11 is 0. The molecule has 1 amide bonds. The SMILES string of the molecule is CC.CC(C)(C)COc1ccc(S(C)(=O)=O)cc1C(=O)N1Cc2cn(-c3cccc(C(F)(F)F)c3F)nc2C1. The van der Waals surface area contributed by atoms with Gasteiger partial charge in [-0.3, -0.25) is 4.79 Å². The fourth-order valence-electron chi connectivity index (χ4n) is 3.83. The summed E-state index contributed by atoms with van der Waals surface area (Å²) in [6.07, 6.45) is -2.44. The third-order valence-corrected chi connectivity index (χ3v) is 6.78. The van der Waals surface area contributed by atoms with Gasteiger partial charge in [0, 0.05) is 24.6 Å². The Hall–Kier alpha value is -3.41. The van der Waals surface area contributed by atoms with E-state index in [4.69, 9.17) is 4.74 Å². The van der Waals surface area contributed by atoms with Gasteiger partial charge in [-0.15, -0.1) is 0 Å². The van der Waals surface area contributed by atoms with E-state index in [2.05, 4.69) is 5.10 Å². The highest BCUT2D eigenvalue weighted by Gasteiger charge is 2.36. The molecule has 0 fully saturated rings. The zero-order valence-electron chi connectivity index (χ0n) is 22.6. The Labute approximate surface area is 225 Å². The lowest BCUT2D eigenvalue weighted by Gasteiger charge is -2.22. The maximum absolute atomic E-state index is 14.6. The lowest BCUT2D eigenvalue weighted by atomic mass is 9.98. The number of hydrogen-bond acceptors (Lipinski definition) is 5. The summed E-state index contributed by atoms with van der Waals surface area (Å²) in [5, 5.41) is 4.21. The van der Waals surface area contributed by atoms with Crippen LogP contribution in [0.25, 0.3) is 5.69 Å². The van der Waals surface area contributed by atoms with Gasteiger partial charge in [0.2, 0.25) is 0 Å². The van der Waals surface area contributed by atoms with Gasteiger partial charge in [-0.2, -0.15) is 18.3 Å². The molecule has 0 radical (unpaired) electrons. The average Bonchev–Trinajstić information content (AvgIpc) is 3.41. The largest absolute Gasteiger partial charge is 0.492 e. The van der Waals surface area contributed by atoms with E-state index in [1.54, 1.807) is 0 Å². The molecule has 4 rings (SSSR count). The van der Waals surface area contributed by atoms with Crippen molar-refractivity contribution in [2.24, 2.45) is 5.41 Å². The molecule has 0 atom stereocenters. The van der Waals surface area contributed by atoms with E-state index >= 15 is 0 Å². The number of sulfone groups is 1. The van der Waals surface area contributed by atoms with Crippen molar-refractivity contribution in [3.05, 3.63) is 70.8 Å². The molecule has 2 aromatic carbocycles. The van der Waals surface area contributed by atoms with E-state index < -0.39 is 33.3 Å². The van der Waals surface area contributed by atoms with Gasteiger partial charge in [0.05, 0.1) is 34.9 Å². The number of rotatable bonds is 5. The minimum Gasteiger partial charge on any atom is -0.492 e. The second kappa shape index (κ2) is 11.0. The zero-order valence-corrected chi connectivity index (χ0v) is 23.4. The average molecular weight is 570 g/mol.